The van der Waals surface area contributed by atoms with Crippen molar-refractivity contribution < 1.29 is 27.4 Å². The maximum Gasteiger partial charge on any atom is 0.323 e. The maximum absolute atomic E-state index is 13.4. The number of esters is 1. The molecule has 2 rings (SSSR count). The summed E-state index contributed by atoms with van der Waals surface area (Å²) in [6.07, 6.45) is -0.360. The predicted octanol–water partition coefficient (Wildman–Crippen LogP) is 1.39. The van der Waals surface area contributed by atoms with Gasteiger partial charge in [-0.1, -0.05) is 0 Å². The Labute approximate surface area is 107 Å². The smallest absolute Gasteiger partial charge is 0.323 e. The molecule has 1 aromatic rings. The number of hydrogen-bond donors (Lipinski definition) is 1. The van der Waals surface area contributed by atoms with Crippen molar-refractivity contribution in [1.29, 1.82) is 0 Å². The molecule has 1 saturated heterocycles. The van der Waals surface area contributed by atoms with Crippen LogP contribution in [0.25, 0.3) is 0 Å². The van der Waals surface area contributed by atoms with E-state index < -0.39 is 41.3 Å². The van der Waals surface area contributed by atoms with E-state index in [-0.39, 0.29) is 13.0 Å². The molecule has 0 aromatic heterocycles. The van der Waals surface area contributed by atoms with E-state index >= 15 is 0 Å². The normalized spacial score (nSPS) is 22.3. The predicted molar refractivity (Wildman–Crippen MR) is 59.2 cm³/mol. The minimum atomic E-state index is -1.11. The molecule has 1 fully saturated rings. The molecule has 0 unspecified atom stereocenters. The first-order valence-corrected chi connectivity index (χ1v) is 5.63. The first-order valence-electron chi connectivity index (χ1n) is 5.63. The molecular formula is C12H12F3NO3. The quantitative estimate of drug-likeness (QED) is 0.847. The lowest BCUT2D eigenvalue weighted by molar-refractivity contribution is -0.142. The van der Waals surface area contributed by atoms with E-state index in [9.17, 15) is 18.0 Å². The Morgan fingerprint density at radius 2 is 1.95 bits per heavy atom. The van der Waals surface area contributed by atoms with E-state index in [2.05, 4.69) is 10.1 Å². The molecule has 7 heteroatoms. The minimum Gasteiger partial charge on any atom is -0.483 e. The number of halogens is 3. The van der Waals surface area contributed by atoms with Gasteiger partial charge in [0.2, 0.25) is 0 Å². The molecule has 0 saturated carbocycles. The third kappa shape index (κ3) is 2.98. The molecule has 4 nitrogen and oxygen atoms in total. The lowest BCUT2D eigenvalue weighted by atomic mass is 10.2. The highest BCUT2D eigenvalue weighted by atomic mass is 19.1. The first-order chi connectivity index (χ1) is 9.01. The molecule has 0 aliphatic carbocycles. The van der Waals surface area contributed by atoms with Gasteiger partial charge in [0.25, 0.3) is 0 Å². The molecule has 1 aliphatic rings. The molecule has 0 spiro atoms. The van der Waals surface area contributed by atoms with Crippen molar-refractivity contribution in [3.63, 3.8) is 0 Å². The highest BCUT2D eigenvalue weighted by Gasteiger charge is 2.32. The minimum absolute atomic E-state index is 0.225. The fourth-order valence-corrected chi connectivity index (χ4v) is 1.92. The summed E-state index contributed by atoms with van der Waals surface area (Å²) in [5.41, 5.74) is 0. The summed E-state index contributed by atoms with van der Waals surface area (Å²) >= 11 is 0. The number of carbonyl (C=O) groups is 1. The lowest BCUT2D eigenvalue weighted by Crippen LogP contribution is -2.31. The number of hydrogen-bond acceptors (Lipinski definition) is 4. The molecule has 1 heterocycles. The Balaban J connectivity index is 2.05. The number of ether oxygens (including phenoxy) is 2. The first kappa shape index (κ1) is 13.7. The number of carbonyl (C=O) groups excluding carboxylic acids is 1. The van der Waals surface area contributed by atoms with Gasteiger partial charge in [-0.15, -0.1) is 0 Å². The van der Waals surface area contributed by atoms with Gasteiger partial charge in [0.05, 0.1) is 7.11 Å². The van der Waals surface area contributed by atoms with E-state index in [1.165, 1.54) is 7.11 Å². The van der Waals surface area contributed by atoms with Gasteiger partial charge in [0.15, 0.2) is 17.4 Å². The molecule has 1 aromatic carbocycles. The van der Waals surface area contributed by atoms with Gasteiger partial charge >= 0.3 is 5.97 Å². The van der Waals surface area contributed by atoms with Gasteiger partial charge in [-0.3, -0.25) is 4.79 Å². The van der Waals surface area contributed by atoms with Gasteiger partial charge in [-0.05, 0) is 0 Å². The second-order valence-corrected chi connectivity index (χ2v) is 4.16. The summed E-state index contributed by atoms with van der Waals surface area (Å²) in [5.74, 6) is -4.35. The van der Waals surface area contributed by atoms with Crippen LogP contribution in [0.4, 0.5) is 13.2 Å². The van der Waals surface area contributed by atoms with Crippen molar-refractivity contribution in [2.45, 2.75) is 18.6 Å². The van der Waals surface area contributed by atoms with Crippen molar-refractivity contribution in [2.75, 3.05) is 13.7 Å². The molecule has 0 amide bonds. The van der Waals surface area contributed by atoms with Crippen molar-refractivity contribution in [3.8, 4) is 5.75 Å². The van der Waals surface area contributed by atoms with Gasteiger partial charge in [-0.25, -0.2) is 13.2 Å². The van der Waals surface area contributed by atoms with E-state index in [1.807, 2.05) is 0 Å². The molecule has 19 heavy (non-hydrogen) atoms. The van der Waals surface area contributed by atoms with Crippen LogP contribution >= 0.6 is 0 Å². The maximum atomic E-state index is 13.4. The van der Waals surface area contributed by atoms with Crippen LogP contribution in [-0.2, 0) is 9.53 Å². The SMILES string of the molecule is COC(=O)[C@@H]1C[C@H](Oc2c(F)cc(F)cc2F)CN1. The van der Waals surface area contributed by atoms with Crippen LogP contribution in [0.3, 0.4) is 0 Å². The van der Waals surface area contributed by atoms with Gasteiger partial charge in [0.1, 0.15) is 18.0 Å². The van der Waals surface area contributed by atoms with Crippen LogP contribution < -0.4 is 10.1 Å². The number of nitrogens with one attached hydrogen (secondary N) is 1. The van der Waals surface area contributed by atoms with Crippen LogP contribution in [0.5, 0.6) is 5.75 Å². The Hall–Kier alpha value is -1.76. The van der Waals surface area contributed by atoms with Crippen molar-refractivity contribution in [3.05, 3.63) is 29.6 Å². The largest absolute Gasteiger partial charge is 0.483 e. The highest BCUT2D eigenvalue weighted by molar-refractivity contribution is 5.76. The molecule has 0 radical (unpaired) electrons. The summed E-state index contributed by atoms with van der Waals surface area (Å²) in [7, 11) is 1.25. The third-order valence-corrected chi connectivity index (χ3v) is 2.82. The molecule has 2 atom stereocenters. The summed E-state index contributed by atoms with van der Waals surface area (Å²) in [5, 5.41) is 2.81. The Bertz CT molecular complexity index is 472. The van der Waals surface area contributed by atoms with Crippen molar-refractivity contribution in [1.82, 2.24) is 5.32 Å². The molecule has 1 aliphatic heterocycles. The van der Waals surface area contributed by atoms with E-state index in [0.717, 1.165) is 0 Å². The van der Waals surface area contributed by atoms with Crippen LogP contribution in [0.2, 0.25) is 0 Å². The molecule has 1 N–H and O–H groups in total. The Morgan fingerprint density at radius 3 is 2.53 bits per heavy atom. The molecular weight excluding hydrogens is 263 g/mol. The second-order valence-electron chi connectivity index (χ2n) is 4.16. The highest BCUT2D eigenvalue weighted by Crippen LogP contribution is 2.25. The summed E-state index contributed by atoms with van der Waals surface area (Å²) < 4.78 is 49.1. The molecule has 0 bridgehead atoms. The van der Waals surface area contributed by atoms with E-state index in [1.54, 1.807) is 0 Å². The van der Waals surface area contributed by atoms with Crippen LogP contribution in [0.15, 0.2) is 12.1 Å². The Kier molecular flexibility index (Phi) is 3.94. The number of rotatable bonds is 3. The third-order valence-electron chi connectivity index (χ3n) is 2.82. The average molecular weight is 275 g/mol. The molecule has 104 valence electrons. The van der Waals surface area contributed by atoms with Crippen LogP contribution in [0, 0.1) is 17.5 Å². The average Bonchev–Trinajstić information content (AvgIpc) is 2.81. The zero-order valence-corrected chi connectivity index (χ0v) is 10.1. The van der Waals surface area contributed by atoms with E-state index in [0.29, 0.717) is 12.1 Å². The van der Waals surface area contributed by atoms with Gasteiger partial charge in [-0.2, -0.15) is 0 Å². The number of benzene rings is 1. The zero-order valence-electron chi connectivity index (χ0n) is 10.1. The van der Waals surface area contributed by atoms with E-state index in [4.69, 9.17) is 4.74 Å². The van der Waals surface area contributed by atoms with Gasteiger partial charge in [0, 0.05) is 25.1 Å². The Morgan fingerprint density at radius 1 is 1.32 bits per heavy atom. The van der Waals surface area contributed by atoms with Crippen LogP contribution in [0.1, 0.15) is 6.42 Å². The van der Waals surface area contributed by atoms with Crippen molar-refractivity contribution >= 4 is 5.97 Å². The monoisotopic (exact) mass is 275 g/mol. The van der Waals surface area contributed by atoms with Crippen molar-refractivity contribution in [2.24, 2.45) is 0 Å². The topological polar surface area (TPSA) is 47.6 Å². The lowest BCUT2D eigenvalue weighted by Gasteiger charge is -2.14. The van der Waals surface area contributed by atoms with Crippen LogP contribution in [-0.4, -0.2) is 31.8 Å². The second kappa shape index (κ2) is 5.48. The number of methoxy groups -OCH3 is 1. The summed E-state index contributed by atoms with van der Waals surface area (Å²) in [6, 6.07) is 0.513. The fraction of sp³-hybridized carbons (Fsp3) is 0.417. The standard InChI is InChI=1S/C12H12F3NO3/c1-18-12(17)10-4-7(5-16-10)19-11-8(14)2-6(13)3-9(11)15/h2-3,7,10,16H,4-5H2,1H3/t7-,10-/m0/s1. The zero-order chi connectivity index (χ0) is 14.0. The fourth-order valence-electron chi connectivity index (χ4n) is 1.92. The summed E-state index contributed by atoms with van der Waals surface area (Å²) in [6.45, 7) is 0.246. The summed E-state index contributed by atoms with van der Waals surface area (Å²) in [4.78, 5) is 11.3. The van der Waals surface area contributed by atoms with Gasteiger partial charge < -0.3 is 14.8 Å².